The van der Waals surface area contributed by atoms with Gasteiger partial charge in [0.2, 0.25) is 0 Å². The number of carbonyl (C=O) groups is 1. The number of anilines is 1. The molecule has 0 atom stereocenters. The topological polar surface area (TPSA) is 33.2 Å². The van der Waals surface area contributed by atoms with Gasteiger partial charge in [-0.2, -0.15) is 0 Å². The minimum Gasteiger partial charge on any atom is -0.371 e. The molecule has 2 rings (SSSR count). The Morgan fingerprint density at radius 2 is 2.13 bits per heavy atom. The van der Waals surface area contributed by atoms with Gasteiger partial charge in [0.25, 0.3) is 0 Å². The van der Waals surface area contributed by atoms with E-state index < -0.39 is 0 Å². The van der Waals surface area contributed by atoms with Crippen LogP contribution in [0.4, 0.5) is 5.69 Å². The lowest BCUT2D eigenvalue weighted by molar-refractivity contribution is -0.119. The Balaban J connectivity index is 2.11. The van der Waals surface area contributed by atoms with E-state index in [0.29, 0.717) is 18.6 Å². The highest BCUT2D eigenvalue weighted by Crippen LogP contribution is 2.18. The average Bonchev–Trinajstić information content (AvgIpc) is 2.30. The molecule has 0 aromatic carbocycles. The maximum absolute atomic E-state index is 11.1. The standard InChI is InChI=1S/C12H16N2O/c1-2-10-9-11(3-6-13-10)14-7-4-12(15)5-8-14/h3,6,9H,2,4-5,7-8H2,1H3. The smallest absolute Gasteiger partial charge is 0.136 e. The number of carbonyl (C=O) groups excluding carboxylic acids is 1. The summed E-state index contributed by atoms with van der Waals surface area (Å²) >= 11 is 0. The predicted molar refractivity (Wildman–Crippen MR) is 60.1 cm³/mol. The third kappa shape index (κ3) is 2.35. The average molecular weight is 204 g/mol. The summed E-state index contributed by atoms with van der Waals surface area (Å²) in [6.07, 6.45) is 4.18. The Morgan fingerprint density at radius 1 is 1.40 bits per heavy atom. The number of hydrogen-bond donors (Lipinski definition) is 0. The number of nitrogens with zero attached hydrogens (tertiary/aromatic N) is 2. The molecule has 0 saturated carbocycles. The predicted octanol–water partition coefficient (Wildman–Crippen LogP) is 1.81. The van der Waals surface area contributed by atoms with E-state index in [9.17, 15) is 4.79 Å². The van der Waals surface area contributed by atoms with Gasteiger partial charge in [-0.05, 0) is 18.6 Å². The van der Waals surface area contributed by atoms with E-state index in [2.05, 4.69) is 22.9 Å². The normalized spacial score (nSPS) is 16.9. The van der Waals surface area contributed by atoms with Gasteiger partial charge in [-0.15, -0.1) is 0 Å². The van der Waals surface area contributed by atoms with Gasteiger partial charge in [0, 0.05) is 43.5 Å². The van der Waals surface area contributed by atoms with Crippen LogP contribution in [-0.2, 0) is 11.2 Å². The number of piperidine rings is 1. The number of pyridine rings is 1. The van der Waals surface area contributed by atoms with E-state index in [1.54, 1.807) is 0 Å². The maximum atomic E-state index is 11.1. The quantitative estimate of drug-likeness (QED) is 0.736. The number of aryl methyl sites for hydroxylation is 1. The molecule has 1 aromatic rings. The molecule has 1 aromatic heterocycles. The van der Waals surface area contributed by atoms with Crippen LogP contribution in [0.5, 0.6) is 0 Å². The summed E-state index contributed by atoms with van der Waals surface area (Å²) < 4.78 is 0. The lowest BCUT2D eigenvalue weighted by Crippen LogP contribution is -2.33. The SMILES string of the molecule is CCc1cc(N2CCC(=O)CC2)ccn1. The molecule has 1 aliphatic heterocycles. The van der Waals surface area contributed by atoms with Crippen LogP contribution in [0.25, 0.3) is 0 Å². The van der Waals surface area contributed by atoms with Crippen molar-refractivity contribution in [2.45, 2.75) is 26.2 Å². The van der Waals surface area contributed by atoms with Gasteiger partial charge in [0.05, 0.1) is 0 Å². The molecule has 15 heavy (non-hydrogen) atoms. The van der Waals surface area contributed by atoms with Gasteiger partial charge in [-0.1, -0.05) is 6.92 Å². The van der Waals surface area contributed by atoms with Crippen molar-refractivity contribution in [2.75, 3.05) is 18.0 Å². The number of Topliss-reactive ketones (excluding diaryl/α,β-unsaturated/α-hetero) is 1. The summed E-state index contributed by atoms with van der Waals surface area (Å²) in [7, 11) is 0. The molecule has 0 bridgehead atoms. The van der Waals surface area contributed by atoms with E-state index in [4.69, 9.17) is 0 Å². The molecule has 0 radical (unpaired) electrons. The molecule has 0 aliphatic carbocycles. The molecular formula is C12H16N2O. The van der Waals surface area contributed by atoms with Crippen LogP contribution in [0, 0.1) is 0 Å². The third-order valence-electron chi connectivity index (χ3n) is 2.85. The summed E-state index contributed by atoms with van der Waals surface area (Å²) in [4.78, 5) is 17.7. The van der Waals surface area contributed by atoms with Crippen LogP contribution < -0.4 is 4.90 Å². The van der Waals surface area contributed by atoms with Gasteiger partial charge in [0.15, 0.2) is 0 Å². The van der Waals surface area contributed by atoms with Gasteiger partial charge in [0.1, 0.15) is 5.78 Å². The first kappa shape index (κ1) is 10.1. The zero-order chi connectivity index (χ0) is 10.7. The molecular weight excluding hydrogens is 188 g/mol. The Bertz CT molecular complexity index is 352. The highest BCUT2D eigenvalue weighted by molar-refractivity contribution is 5.81. The Morgan fingerprint density at radius 3 is 2.80 bits per heavy atom. The largest absolute Gasteiger partial charge is 0.371 e. The van der Waals surface area contributed by atoms with Gasteiger partial charge in [-0.25, -0.2) is 0 Å². The van der Waals surface area contributed by atoms with Crippen molar-refractivity contribution >= 4 is 11.5 Å². The van der Waals surface area contributed by atoms with E-state index in [-0.39, 0.29) is 0 Å². The third-order valence-corrected chi connectivity index (χ3v) is 2.85. The van der Waals surface area contributed by atoms with Gasteiger partial charge in [-0.3, -0.25) is 9.78 Å². The fourth-order valence-corrected chi connectivity index (χ4v) is 1.87. The fraction of sp³-hybridized carbons (Fsp3) is 0.500. The van der Waals surface area contributed by atoms with Crippen LogP contribution in [0.3, 0.4) is 0 Å². The Labute approximate surface area is 90.1 Å². The summed E-state index contributed by atoms with van der Waals surface area (Å²) in [6, 6.07) is 4.14. The van der Waals surface area contributed by atoms with Crippen LogP contribution >= 0.6 is 0 Å². The van der Waals surface area contributed by atoms with Crippen molar-refractivity contribution in [3.8, 4) is 0 Å². The van der Waals surface area contributed by atoms with Gasteiger partial charge < -0.3 is 4.90 Å². The van der Waals surface area contributed by atoms with E-state index in [0.717, 1.165) is 25.2 Å². The summed E-state index contributed by atoms with van der Waals surface area (Å²) in [5, 5.41) is 0. The fourth-order valence-electron chi connectivity index (χ4n) is 1.87. The van der Waals surface area contributed by atoms with Crippen LogP contribution in [-0.4, -0.2) is 23.9 Å². The Hall–Kier alpha value is -1.38. The zero-order valence-electron chi connectivity index (χ0n) is 9.07. The first-order valence-corrected chi connectivity index (χ1v) is 5.51. The number of ketones is 1. The van der Waals surface area contributed by atoms with Crippen molar-refractivity contribution in [1.29, 1.82) is 0 Å². The molecule has 2 heterocycles. The van der Waals surface area contributed by atoms with Crippen molar-refractivity contribution < 1.29 is 4.79 Å². The highest BCUT2D eigenvalue weighted by atomic mass is 16.1. The van der Waals surface area contributed by atoms with Crippen LogP contribution in [0.15, 0.2) is 18.3 Å². The van der Waals surface area contributed by atoms with E-state index in [1.165, 1.54) is 5.69 Å². The van der Waals surface area contributed by atoms with Crippen molar-refractivity contribution in [3.05, 3.63) is 24.0 Å². The molecule has 1 fully saturated rings. The minimum absolute atomic E-state index is 0.385. The summed E-state index contributed by atoms with van der Waals surface area (Å²) in [6.45, 7) is 3.81. The second kappa shape index (κ2) is 4.43. The number of hydrogen-bond acceptors (Lipinski definition) is 3. The zero-order valence-corrected chi connectivity index (χ0v) is 9.07. The first-order valence-electron chi connectivity index (χ1n) is 5.51. The molecule has 1 saturated heterocycles. The molecule has 3 heteroatoms. The van der Waals surface area contributed by atoms with Gasteiger partial charge >= 0.3 is 0 Å². The summed E-state index contributed by atoms with van der Waals surface area (Å²) in [5.74, 6) is 0.385. The lowest BCUT2D eigenvalue weighted by Gasteiger charge is -2.28. The van der Waals surface area contributed by atoms with Crippen LogP contribution in [0.2, 0.25) is 0 Å². The highest BCUT2D eigenvalue weighted by Gasteiger charge is 2.16. The number of aromatic nitrogens is 1. The maximum Gasteiger partial charge on any atom is 0.136 e. The summed E-state index contributed by atoms with van der Waals surface area (Å²) in [5.41, 5.74) is 2.32. The molecule has 0 amide bonds. The molecule has 0 spiro atoms. The van der Waals surface area contributed by atoms with Crippen molar-refractivity contribution in [3.63, 3.8) is 0 Å². The molecule has 1 aliphatic rings. The van der Waals surface area contributed by atoms with Crippen LogP contribution in [0.1, 0.15) is 25.5 Å². The second-order valence-electron chi connectivity index (χ2n) is 3.88. The minimum atomic E-state index is 0.385. The number of rotatable bonds is 2. The first-order chi connectivity index (χ1) is 7.29. The molecule has 80 valence electrons. The molecule has 0 N–H and O–H groups in total. The van der Waals surface area contributed by atoms with E-state index in [1.807, 2.05) is 12.3 Å². The monoisotopic (exact) mass is 204 g/mol. The van der Waals surface area contributed by atoms with Crippen molar-refractivity contribution in [1.82, 2.24) is 4.98 Å². The van der Waals surface area contributed by atoms with Crippen molar-refractivity contribution in [2.24, 2.45) is 0 Å². The second-order valence-corrected chi connectivity index (χ2v) is 3.88. The lowest BCUT2D eigenvalue weighted by atomic mass is 10.1. The Kier molecular flexibility index (Phi) is 2.99. The molecule has 3 nitrogen and oxygen atoms in total. The molecule has 0 unspecified atom stereocenters. The van der Waals surface area contributed by atoms with E-state index >= 15 is 0 Å².